The number of amides is 2. The summed E-state index contributed by atoms with van der Waals surface area (Å²) < 4.78 is 31.7. The van der Waals surface area contributed by atoms with E-state index in [9.17, 15) is 22.8 Å². The molecule has 0 aromatic carbocycles. The number of carboxylic acids is 1. The molecule has 1 N–H and O–H groups in total. The molecule has 2 amide bonds. The fourth-order valence-corrected chi connectivity index (χ4v) is 4.54. The number of rotatable bonds is 3. The fraction of sp³-hybridized carbons (Fsp3) is 0.429. The molecule has 32 heavy (non-hydrogen) atoms. The van der Waals surface area contributed by atoms with Crippen molar-refractivity contribution < 1.29 is 32.7 Å². The average molecular weight is 469 g/mol. The van der Waals surface area contributed by atoms with E-state index in [1.165, 1.54) is 0 Å². The number of likely N-dealkylation sites (tertiary alicyclic amines) is 1. The Bertz CT molecular complexity index is 943. The SMILES string of the molecule is O=C(Cc1ccccn1)N1CCC2(CC1)CCN(c1ccsc1)C2=O.O=C(O)C(F)(F)F. The molecule has 0 bridgehead atoms. The Morgan fingerprint density at radius 1 is 1.12 bits per heavy atom. The summed E-state index contributed by atoms with van der Waals surface area (Å²) in [5.41, 5.74) is 1.54. The second kappa shape index (κ2) is 9.68. The predicted octanol–water partition coefficient (Wildman–Crippen LogP) is 3.36. The van der Waals surface area contributed by atoms with Crippen molar-refractivity contribution in [2.75, 3.05) is 24.5 Å². The maximum atomic E-state index is 13.0. The van der Waals surface area contributed by atoms with E-state index in [1.54, 1.807) is 17.5 Å². The third-order valence-corrected chi connectivity index (χ3v) is 6.38. The van der Waals surface area contributed by atoms with Crippen molar-refractivity contribution in [2.45, 2.75) is 31.9 Å². The van der Waals surface area contributed by atoms with Gasteiger partial charge in [0.15, 0.2) is 0 Å². The van der Waals surface area contributed by atoms with Crippen LogP contribution in [0.15, 0.2) is 41.2 Å². The maximum absolute atomic E-state index is 13.0. The smallest absolute Gasteiger partial charge is 0.475 e. The van der Waals surface area contributed by atoms with Crippen molar-refractivity contribution in [3.63, 3.8) is 0 Å². The number of hydrogen-bond acceptors (Lipinski definition) is 5. The van der Waals surface area contributed by atoms with Crippen LogP contribution in [0.1, 0.15) is 25.0 Å². The number of nitrogens with zero attached hydrogens (tertiary/aromatic N) is 3. The van der Waals surface area contributed by atoms with Gasteiger partial charge < -0.3 is 14.9 Å². The van der Waals surface area contributed by atoms with E-state index in [0.29, 0.717) is 19.5 Å². The van der Waals surface area contributed by atoms with E-state index in [2.05, 4.69) is 4.98 Å². The Morgan fingerprint density at radius 3 is 2.31 bits per heavy atom. The second-order valence-corrected chi connectivity index (χ2v) is 8.43. The highest BCUT2D eigenvalue weighted by atomic mass is 32.1. The lowest BCUT2D eigenvalue weighted by molar-refractivity contribution is -0.192. The lowest BCUT2D eigenvalue weighted by atomic mass is 9.77. The topological polar surface area (TPSA) is 90.8 Å². The van der Waals surface area contributed by atoms with Crippen LogP contribution >= 0.6 is 11.3 Å². The number of alkyl halides is 3. The van der Waals surface area contributed by atoms with Crippen LogP contribution in [-0.2, 0) is 20.8 Å². The standard InChI is InChI=1S/C19H21N3O2S.C2HF3O2/c23-17(13-15-3-1-2-8-20-15)21-9-5-19(6-10-21)7-11-22(18(19)24)16-4-12-25-14-16;3-2(4,5)1(6)7/h1-4,8,12,14H,5-7,9-11,13H2;(H,6,7). The Hall–Kier alpha value is -2.95. The highest BCUT2D eigenvalue weighted by molar-refractivity contribution is 7.08. The monoisotopic (exact) mass is 469 g/mol. The number of hydrogen-bond donors (Lipinski definition) is 1. The number of anilines is 1. The lowest BCUT2D eigenvalue weighted by Crippen LogP contribution is -2.47. The van der Waals surface area contributed by atoms with Crippen molar-refractivity contribution in [2.24, 2.45) is 5.41 Å². The van der Waals surface area contributed by atoms with Crippen LogP contribution < -0.4 is 4.90 Å². The van der Waals surface area contributed by atoms with Gasteiger partial charge in [0.1, 0.15) is 0 Å². The molecule has 2 aromatic rings. The molecule has 7 nitrogen and oxygen atoms in total. The first-order valence-corrected chi connectivity index (χ1v) is 10.9. The molecule has 2 aliphatic rings. The Balaban J connectivity index is 0.000000360. The molecule has 11 heteroatoms. The van der Waals surface area contributed by atoms with E-state index in [-0.39, 0.29) is 17.2 Å². The quantitative estimate of drug-likeness (QED) is 0.745. The first-order valence-electron chi connectivity index (χ1n) is 9.94. The summed E-state index contributed by atoms with van der Waals surface area (Å²) >= 11 is 1.62. The van der Waals surface area contributed by atoms with E-state index < -0.39 is 12.1 Å². The van der Waals surface area contributed by atoms with Gasteiger partial charge in [-0.3, -0.25) is 14.6 Å². The number of carboxylic acid groups (broad SMARTS) is 1. The number of piperidine rings is 1. The van der Waals surface area contributed by atoms with Crippen LogP contribution in [0.5, 0.6) is 0 Å². The number of aliphatic carboxylic acids is 1. The molecular weight excluding hydrogens is 447 g/mol. The van der Waals surface area contributed by atoms with Crippen molar-refractivity contribution in [3.8, 4) is 0 Å². The van der Waals surface area contributed by atoms with Crippen LogP contribution in [-0.4, -0.2) is 58.6 Å². The zero-order valence-corrected chi connectivity index (χ0v) is 17.9. The van der Waals surface area contributed by atoms with Crippen molar-refractivity contribution >= 4 is 34.8 Å². The molecule has 172 valence electrons. The molecule has 2 aliphatic heterocycles. The molecule has 4 heterocycles. The molecule has 0 aliphatic carbocycles. The summed E-state index contributed by atoms with van der Waals surface area (Å²) in [5.74, 6) is -2.41. The number of thiophene rings is 1. The summed E-state index contributed by atoms with van der Waals surface area (Å²) in [5, 5.41) is 11.2. The first kappa shape index (κ1) is 23.7. The summed E-state index contributed by atoms with van der Waals surface area (Å²) in [6.07, 6.45) is -0.613. The van der Waals surface area contributed by atoms with E-state index >= 15 is 0 Å². The van der Waals surface area contributed by atoms with Gasteiger partial charge in [-0.15, -0.1) is 0 Å². The molecule has 2 fully saturated rings. The van der Waals surface area contributed by atoms with Gasteiger partial charge in [0.2, 0.25) is 11.8 Å². The molecule has 0 saturated carbocycles. The van der Waals surface area contributed by atoms with Crippen LogP contribution in [0.4, 0.5) is 18.9 Å². The van der Waals surface area contributed by atoms with Gasteiger partial charge in [0, 0.05) is 36.9 Å². The van der Waals surface area contributed by atoms with E-state index in [4.69, 9.17) is 9.90 Å². The van der Waals surface area contributed by atoms with Crippen LogP contribution in [0.25, 0.3) is 0 Å². The average Bonchev–Trinajstić information content (AvgIpc) is 3.38. The van der Waals surface area contributed by atoms with Gasteiger partial charge in [0.25, 0.3) is 0 Å². The summed E-state index contributed by atoms with van der Waals surface area (Å²) in [6, 6.07) is 7.64. The van der Waals surface area contributed by atoms with Crippen molar-refractivity contribution in [1.82, 2.24) is 9.88 Å². The first-order chi connectivity index (χ1) is 15.1. The second-order valence-electron chi connectivity index (χ2n) is 7.65. The van der Waals surface area contributed by atoms with E-state index in [0.717, 1.165) is 37.2 Å². The molecule has 0 radical (unpaired) electrons. The molecular formula is C21H22F3N3O4S. The molecule has 4 rings (SSSR count). The van der Waals surface area contributed by atoms with Gasteiger partial charge in [-0.25, -0.2) is 4.79 Å². The fourth-order valence-electron chi connectivity index (χ4n) is 3.90. The highest BCUT2D eigenvalue weighted by Gasteiger charge is 2.49. The molecule has 0 unspecified atom stereocenters. The molecule has 1 spiro atoms. The van der Waals surface area contributed by atoms with Gasteiger partial charge in [-0.1, -0.05) is 6.07 Å². The number of pyridine rings is 1. The number of carbonyl (C=O) groups is 3. The zero-order chi connectivity index (χ0) is 23.4. The Labute approximate surface area is 186 Å². The van der Waals surface area contributed by atoms with Crippen LogP contribution in [0.2, 0.25) is 0 Å². The molecule has 2 saturated heterocycles. The zero-order valence-electron chi connectivity index (χ0n) is 17.0. The summed E-state index contributed by atoms with van der Waals surface area (Å²) in [4.78, 5) is 42.4. The molecule has 0 atom stereocenters. The number of halogens is 3. The number of aromatic nitrogens is 1. The Kier molecular flexibility index (Phi) is 7.17. The van der Waals surface area contributed by atoms with Crippen molar-refractivity contribution in [3.05, 3.63) is 46.9 Å². The van der Waals surface area contributed by atoms with Gasteiger partial charge in [0.05, 0.1) is 17.5 Å². The minimum atomic E-state index is -5.08. The minimum absolute atomic E-state index is 0.105. The predicted molar refractivity (Wildman–Crippen MR) is 111 cm³/mol. The van der Waals surface area contributed by atoms with Gasteiger partial charge in [-0.2, -0.15) is 24.5 Å². The minimum Gasteiger partial charge on any atom is -0.475 e. The van der Waals surface area contributed by atoms with Crippen LogP contribution in [0, 0.1) is 5.41 Å². The van der Waals surface area contributed by atoms with Gasteiger partial charge >= 0.3 is 12.1 Å². The third kappa shape index (κ3) is 5.45. The maximum Gasteiger partial charge on any atom is 0.490 e. The normalized spacial score (nSPS) is 17.8. The largest absolute Gasteiger partial charge is 0.490 e. The van der Waals surface area contributed by atoms with Gasteiger partial charge in [-0.05, 0) is 42.8 Å². The van der Waals surface area contributed by atoms with E-state index in [1.807, 2.05) is 44.8 Å². The summed E-state index contributed by atoms with van der Waals surface area (Å²) in [7, 11) is 0. The number of carbonyl (C=O) groups excluding carboxylic acids is 2. The highest BCUT2D eigenvalue weighted by Crippen LogP contribution is 2.43. The third-order valence-electron chi connectivity index (χ3n) is 5.70. The Morgan fingerprint density at radius 2 is 1.78 bits per heavy atom. The lowest BCUT2D eigenvalue weighted by Gasteiger charge is -2.38. The van der Waals surface area contributed by atoms with Crippen LogP contribution in [0.3, 0.4) is 0 Å². The van der Waals surface area contributed by atoms with Crippen molar-refractivity contribution in [1.29, 1.82) is 0 Å². The summed E-state index contributed by atoms with van der Waals surface area (Å²) in [6.45, 7) is 2.11. The molecule has 2 aromatic heterocycles.